The van der Waals surface area contributed by atoms with Gasteiger partial charge in [-0.05, 0) is 54.7 Å². The number of amides is 1. The third-order valence-corrected chi connectivity index (χ3v) is 5.54. The number of rotatable bonds is 5. The normalized spacial score (nSPS) is 12.7. The predicted molar refractivity (Wildman–Crippen MR) is 94.9 cm³/mol. The zero-order chi connectivity index (χ0) is 16.4. The van der Waals surface area contributed by atoms with Crippen LogP contribution in [0.15, 0.2) is 41.1 Å². The summed E-state index contributed by atoms with van der Waals surface area (Å²) in [5.41, 5.74) is 1.18. The Hall–Kier alpha value is -1.76. The lowest BCUT2D eigenvalue weighted by atomic mass is 10.1. The van der Waals surface area contributed by atoms with Crippen LogP contribution in [-0.2, 0) is 0 Å². The molecule has 0 aliphatic carbocycles. The van der Waals surface area contributed by atoms with E-state index >= 15 is 0 Å². The maximum atomic E-state index is 13.7. The second-order valence-electron chi connectivity index (χ2n) is 5.51. The van der Waals surface area contributed by atoms with Gasteiger partial charge in [-0.15, -0.1) is 11.3 Å². The van der Waals surface area contributed by atoms with Crippen LogP contribution in [0.3, 0.4) is 0 Å². The standard InChI is InChI=1S/C17H17FN2OS2/c1-20(2)14(11-6-7-22-10-11)9-19-17(21)16-8-12-13(18)4-3-5-15(12)23-16/h3-8,10,14H,9H2,1-2H3,(H,19,21). The van der Waals surface area contributed by atoms with Gasteiger partial charge in [0, 0.05) is 16.6 Å². The molecule has 6 heteroatoms. The van der Waals surface area contributed by atoms with Crippen LogP contribution in [0.2, 0.25) is 0 Å². The number of nitrogens with zero attached hydrogens (tertiary/aromatic N) is 1. The molecule has 0 aliphatic heterocycles. The molecule has 0 aliphatic rings. The number of benzene rings is 1. The summed E-state index contributed by atoms with van der Waals surface area (Å²) >= 11 is 2.96. The van der Waals surface area contributed by atoms with Crippen molar-refractivity contribution >= 4 is 38.7 Å². The summed E-state index contributed by atoms with van der Waals surface area (Å²) in [6, 6.07) is 8.71. The van der Waals surface area contributed by atoms with Gasteiger partial charge >= 0.3 is 0 Å². The predicted octanol–water partition coefficient (Wildman–Crippen LogP) is 4.13. The van der Waals surface area contributed by atoms with Crippen LogP contribution in [-0.4, -0.2) is 31.4 Å². The molecule has 1 aromatic carbocycles. The molecule has 3 aromatic rings. The van der Waals surface area contributed by atoms with Crippen LogP contribution in [0.5, 0.6) is 0 Å². The Kier molecular flexibility index (Phi) is 4.75. The summed E-state index contributed by atoms with van der Waals surface area (Å²) in [6.07, 6.45) is 0. The molecule has 1 amide bonds. The zero-order valence-electron chi connectivity index (χ0n) is 12.9. The van der Waals surface area contributed by atoms with Crippen molar-refractivity contribution in [3.05, 3.63) is 57.3 Å². The third kappa shape index (κ3) is 3.44. The van der Waals surface area contributed by atoms with Crippen molar-refractivity contribution in [2.45, 2.75) is 6.04 Å². The first kappa shape index (κ1) is 16.1. The molecule has 2 aromatic heterocycles. The van der Waals surface area contributed by atoms with Crippen molar-refractivity contribution in [2.24, 2.45) is 0 Å². The van der Waals surface area contributed by atoms with Gasteiger partial charge in [0.1, 0.15) is 5.82 Å². The monoisotopic (exact) mass is 348 g/mol. The molecule has 1 unspecified atom stereocenters. The number of fused-ring (bicyclic) bond motifs is 1. The second-order valence-corrected chi connectivity index (χ2v) is 7.37. The van der Waals surface area contributed by atoms with Crippen LogP contribution in [0.4, 0.5) is 4.39 Å². The van der Waals surface area contributed by atoms with Crippen molar-refractivity contribution < 1.29 is 9.18 Å². The average Bonchev–Trinajstić information content (AvgIpc) is 3.16. The van der Waals surface area contributed by atoms with E-state index in [0.717, 1.165) is 4.70 Å². The molecular formula is C17H17FN2OS2. The minimum absolute atomic E-state index is 0.122. The molecular weight excluding hydrogens is 331 g/mol. The highest BCUT2D eigenvalue weighted by Crippen LogP contribution is 2.28. The van der Waals surface area contributed by atoms with Crippen molar-refractivity contribution in [2.75, 3.05) is 20.6 Å². The molecule has 23 heavy (non-hydrogen) atoms. The first-order valence-electron chi connectivity index (χ1n) is 7.21. The van der Waals surface area contributed by atoms with Crippen molar-refractivity contribution in [1.29, 1.82) is 0 Å². The Morgan fingerprint density at radius 1 is 1.35 bits per heavy atom. The van der Waals surface area contributed by atoms with E-state index in [2.05, 4.69) is 21.7 Å². The first-order valence-corrected chi connectivity index (χ1v) is 8.97. The van der Waals surface area contributed by atoms with Gasteiger partial charge in [-0.3, -0.25) is 4.79 Å². The summed E-state index contributed by atoms with van der Waals surface area (Å²) < 4.78 is 14.5. The molecule has 2 heterocycles. The highest BCUT2D eigenvalue weighted by Gasteiger charge is 2.17. The van der Waals surface area contributed by atoms with Crippen molar-refractivity contribution in [1.82, 2.24) is 10.2 Å². The van der Waals surface area contributed by atoms with E-state index in [1.54, 1.807) is 23.5 Å². The molecule has 0 spiro atoms. The number of likely N-dealkylation sites (N-methyl/N-ethyl adjacent to an activating group) is 1. The molecule has 120 valence electrons. The van der Waals surface area contributed by atoms with Crippen LogP contribution in [0.25, 0.3) is 10.1 Å². The van der Waals surface area contributed by atoms with E-state index in [0.29, 0.717) is 16.8 Å². The number of nitrogens with one attached hydrogen (secondary N) is 1. The summed E-state index contributed by atoms with van der Waals surface area (Å²) in [7, 11) is 3.98. The number of thiophene rings is 2. The number of halogens is 1. The van der Waals surface area contributed by atoms with Crippen LogP contribution >= 0.6 is 22.7 Å². The Bertz CT molecular complexity index is 811. The summed E-state index contributed by atoms with van der Waals surface area (Å²) in [4.78, 5) is 15.0. The zero-order valence-corrected chi connectivity index (χ0v) is 14.5. The average molecular weight is 348 g/mol. The van der Waals surface area contributed by atoms with Gasteiger partial charge in [0.15, 0.2) is 0 Å². The van der Waals surface area contributed by atoms with Crippen molar-refractivity contribution in [3.8, 4) is 0 Å². The summed E-state index contributed by atoms with van der Waals surface area (Å²) in [5, 5.41) is 7.58. The third-order valence-electron chi connectivity index (χ3n) is 3.74. The van der Waals surface area contributed by atoms with E-state index in [-0.39, 0.29) is 17.8 Å². The molecule has 0 radical (unpaired) electrons. The lowest BCUT2D eigenvalue weighted by Crippen LogP contribution is -2.34. The molecule has 1 N–H and O–H groups in total. The second kappa shape index (κ2) is 6.78. The quantitative estimate of drug-likeness (QED) is 0.752. The fourth-order valence-corrected chi connectivity index (χ4v) is 4.18. The topological polar surface area (TPSA) is 32.3 Å². The largest absolute Gasteiger partial charge is 0.349 e. The SMILES string of the molecule is CN(C)C(CNC(=O)c1cc2c(F)cccc2s1)c1ccsc1. The molecule has 0 saturated carbocycles. The number of hydrogen-bond donors (Lipinski definition) is 1. The number of carbonyl (C=O) groups excluding carboxylic acids is 1. The van der Waals surface area contributed by atoms with E-state index in [1.165, 1.54) is 23.0 Å². The van der Waals surface area contributed by atoms with E-state index in [1.807, 2.05) is 25.5 Å². The van der Waals surface area contributed by atoms with Gasteiger partial charge < -0.3 is 10.2 Å². The van der Waals surface area contributed by atoms with Crippen LogP contribution in [0, 0.1) is 5.82 Å². The number of carbonyl (C=O) groups is 1. The lowest BCUT2D eigenvalue weighted by molar-refractivity contribution is 0.0946. The Morgan fingerprint density at radius 3 is 2.83 bits per heavy atom. The van der Waals surface area contributed by atoms with Gasteiger partial charge in [-0.25, -0.2) is 4.39 Å². The Morgan fingerprint density at radius 2 is 2.17 bits per heavy atom. The lowest BCUT2D eigenvalue weighted by Gasteiger charge is -2.23. The fraction of sp³-hybridized carbons (Fsp3) is 0.235. The van der Waals surface area contributed by atoms with Crippen LogP contribution < -0.4 is 5.32 Å². The Balaban J connectivity index is 1.74. The Labute approximate surface area is 142 Å². The van der Waals surface area contributed by atoms with Gasteiger partial charge in [-0.2, -0.15) is 11.3 Å². The van der Waals surface area contributed by atoms with Gasteiger partial charge in [0.25, 0.3) is 5.91 Å². The van der Waals surface area contributed by atoms with E-state index < -0.39 is 0 Å². The molecule has 3 nitrogen and oxygen atoms in total. The van der Waals surface area contributed by atoms with Crippen molar-refractivity contribution in [3.63, 3.8) is 0 Å². The number of hydrogen-bond acceptors (Lipinski definition) is 4. The van der Waals surface area contributed by atoms with Crippen LogP contribution in [0.1, 0.15) is 21.3 Å². The minimum atomic E-state index is -0.290. The van der Waals surface area contributed by atoms with Gasteiger partial charge in [0.05, 0.1) is 10.9 Å². The van der Waals surface area contributed by atoms with Gasteiger partial charge in [-0.1, -0.05) is 6.07 Å². The molecule has 0 saturated heterocycles. The molecule has 3 rings (SSSR count). The molecule has 0 bridgehead atoms. The minimum Gasteiger partial charge on any atom is -0.349 e. The first-order chi connectivity index (χ1) is 11.1. The fourth-order valence-electron chi connectivity index (χ4n) is 2.48. The summed E-state index contributed by atoms with van der Waals surface area (Å²) in [5.74, 6) is -0.449. The highest BCUT2D eigenvalue weighted by molar-refractivity contribution is 7.20. The highest BCUT2D eigenvalue weighted by atomic mass is 32.1. The van der Waals surface area contributed by atoms with E-state index in [4.69, 9.17) is 0 Å². The van der Waals surface area contributed by atoms with Gasteiger partial charge in [0.2, 0.25) is 0 Å². The summed E-state index contributed by atoms with van der Waals surface area (Å²) in [6.45, 7) is 0.513. The smallest absolute Gasteiger partial charge is 0.261 e. The molecule has 1 atom stereocenters. The molecule has 0 fully saturated rings. The maximum absolute atomic E-state index is 13.7. The van der Waals surface area contributed by atoms with E-state index in [9.17, 15) is 9.18 Å². The maximum Gasteiger partial charge on any atom is 0.261 e.